The van der Waals surface area contributed by atoms with Gasteiger partial charge in [0.2, 0.25) is 0 Å². The Balaban J connectivity index is 2.36. The average Bonchev–Trinajstić information content (AvgIpc) is 2.29. The molecule has 1 saturated heterocycles. The Morgan fingerprint density at radius 3 is 2.94 bits per heavy atom. The molecule has 16 heavy (non-hydrogen) atoms. The number of halogens is 1. The van der Waals surface area contributed by atoms with Gasteiger partial charge in [0.25, 0.3) is 0 Å². The first-order valence-electron chi connectivity index (χ1n) is 5.38. The molecule has 0 amide bonds. The number of aryl methyl sites for hydroxylation is 1. The molecular formula is C12H16ClNO2. The van der Waals surface area contributed by atoms with Crippen molar-refractivity contribution in [3.05, 3.63) is 28.3 Å². The predicted octanol–water partition coefficient (Wildman–Crippen LogP) is 2.32. The second kappa shape index (κ2) is 5.04. The second-order valence-corrected chi connectivity index (χ2v) is 4.34. The fourth-order valence-electron chi connectivity index (χ4n) is 1.98. The van der Waals surface area contributed by atoms with Crippen molar-refractivity contribution in [1.29, 1.82) is 0 Å². The van der Waals surface area contributed by atoms with Gasteiger partial charge in [-0.2, -0.15) is 0 Å². The number of hydrogen-bond donors (Lipinski definition) is 1. The Labute approximate surface area is 101 Å². The topological polar surface area (TPSA) is 30.5 Å². The molecule has 1 fully saturated rings. The van der Waals surface area contributed by atoms with Crippen molar-refractivity contribution < 1.29 is 9.47 Å². The van der Waals surface area contributed by atoms with Crippen molar-refractivity contribution in [3.8, 4) is 5.75 Å². The monoisotopic (exact) mass is 241 g/mol. The molecule has 0 saturated carbocycles. The van der Waals surface area contributed by atoms with Gasteiger partial charge in [-0.05, 0) is 24.6 Å². The molecule has 0 aliphatic carbocycles. The van der Waals surface area contributed by atoms with Gasteiger partial charge in [-0.15, -0.1) is 0 Å². The molecular weight excluding hydrogens is 226 g/mol. The van der Waals surface area contributed by atoms with Gasteiger partial charge >= 0.3 is 0 Å². The molecule has 1 aromatic carbocycles. The minimum absolute atomic E-state index is 0.0288. The lowest BCUT2D eigenvalue weighted by molar-refractivity contribution is 0.0262. The lowest BCUT2D eigenvalue weighted by Crippen LogP contribution is -2.33. The van der Waals surface area contributed by atoms with Crippen LogP contribution in [-0.4, -0.2) is 26.8 Å². The zero-order valence-electron chi connectivity index (χ0n) is 9.55. The highest BCUT2D eigenvalue weighted by molar-refractivity contribution is 6.32. The summed E-state index contributed by atoms with van der Waals surface area (Å²) in [4.78, 5) is 0. The summed E-state index contributed by atoms with van der Waals surface area (Å²) in [5.41, 5.74) is 2.15. The average molecular weight is 242 g/mol. The molecule has 1 aliphatic heterocycles. The SMILES string of the molecule is COc1c(Cl)cc(C)cc1C1CNCCO1. The van der Waals surface area contributed by atoms with Crippen molar-refractivity contribution in [2.75, 3.05) is 26.8 Å². The summed E-state index contributed by atoms with van der Waals surface area (Å²) in [6.45, 7) is 4.44. The van der Waals surface area contributed by atoms with Crippen LogP contribution in [0.15, 0.2) is 12.1 Å². The summed E-state index contributed by atoms with van der Waals surface area (Å²) in [6.07, 6.45) is 0.0288. The van der Waals surface area contributed by atoms with E-state index in [2.05, 4.69) is 11.4 Å². The number of morpholine rings is 1. The molecule has 88 valence electrons. The number of hydrogen-bond acceptors (Lipinski definition) is 3. The number of rotatable bonds is 2. The summed E-state index contributed by atoms with van der Waals surface area (Å²) < 4.78 is 11.1. The number of methoxy groups -OCH3 is 1. The van der Waals surface area contributed by atoms with Gasteiger partial charge in [-0.25, -0.2) is 0 Å². The highest BCUT2D eigenvalue weighted by Crippen LogP contribution is 2.35. The maximum absolute atomic E-state index is 6.15. The van der Waals surface area contributed by atoms with E-state index in [4.69, 9.17) is 21.1 Å². The quantitative estimate of drug-likeness (QED) is 0.862. The van der Waals surface area contributed by atoms with Crippen LogP contribution in [0.3, 0.4) is 0 Å². The first-order chi connectivity index (χ1) is 7.72. The highest BCUT2D eigenvalue weighted by Gasteiger charge is 2.21. The van der Waals surface area contributed by atoms with Crippen LogP contribution in [0.2, 0.25) is 5.02 Å². The normalized spacial score (nSPS) is 20.8. The number of benzene rings is 1. The Kier molecular flexibility index (Phi) is 3.69. The molecule has 1 aromatic rings. The second-order valence-electron chi connectivity index (χ2n) is 3.93. The molecule has 1 aliphatic rings. The van der Waals surface area contributed by atoms with Gasteiger partial charge in [0.05, 0.1) is 24.8 Å². The third kappa shape index (κ3) is 2.32. The van der Waals surface area contributed by atoms with Crippen LogP contribution in [0, 0.1) is 6.92 Å². The maximum Gasteiger partial charge on any atom is 0.143 e. The Bertz CT molecular complexity index is 376. The summed E-state index contributed by atoms with van der Waals surface area (Å²) in [5.74, 6) is 0.723. The Morgan fingerprint density at radius 1 is 1.50 bits per heavy atom. The largest absolute Gasteiger partial charge is 0.495 e. The van der Waals surface area contributed by atoms with E-state index < -0.39 is 0 Å². The Hall–Kier alpha value is -0.770. The molecule has 3 nitrogen and oxygen atoms in total. The first kappa shape index (κ1) is 11.7. The highest BCUT2D eigenvalue weighted by atomic mass is 35.5. The molecule has 1 unspecified atom stereocenters. The minimum atomic E-state index is 0.0288. The van der Waals surface area contributed by atoms with Gasteiger partial charge in [-0.3, -0.25) is 0 Å². The lowest BCUT2D eigenvalue weighted by atomic mass is 10.0. The van der Waals surface area contributed by atoms with E-state index in [1.54, 1.807) is 7.11 Å². The van der Waals surface area contributed by atoms with Crippen LogP contribution in [0.4, 0.5) is 0 Å². The molecule has 0 bridgehead atoms. The third-order valence-electron chi connectivity index (χ3n) is 2.70. The smallest absolute Gasteiger partial charge is 0.143 e. The van der Waals surface area contributed by atoms with Crippen LogP contribution >= 0.6 is 11.6 Å². The van der Waals surface area contributed by atoms with Crippen molar-refractivity contribution in [2.24, 2.45) is 0 Å². The number of nitrogens with one attached hydrogen (secondary N) is 1. The van der Waals surface area contributed by atoms with E-state index in [-0.39, 0.29) is 6.10 Å². The van der Waals surface area contributed by atoms with Crippen molar-refractivity contribution in [3.63, 3.8) is 0 Å². The zero-order valence-corrected chi connectivity index (χ0v) is 10.3. The molecule has 1 N–H and O–H groups in total. The minimum Gasteiger partial charge on any atom is -0.495 e. The van der Waals surface area contributed by atoms with Gasteiger partial charge in [0.15, 0.2) is 0 Å². The summed E-state index contributed by atoms with van der Waals surface area (Å²) in [5, 5.41) is 3.94. The Morgan fingerprint density at radius 2 is 2.31 bits per heavy atom. The van der Waals surface area contributed by atoms with Crippen molar-refractivity contribution in [1.82, 2.24) is 5.32 Å². The summed E-state index contributed by atoms with van der Waals surface area (Å²) >= 11 is 6.15. The molecule has 1 atom stereocenters. The van der Waals surface area contributed by atoms with Gasteiger partial charge < -0.3 is 14.8 Å². The molecule has 0 spiro atoms. The van der Waals surface area contributed by atoms with E-state index in [1.165, 1.54) is 0 Å². The van der Waals surface area contributed by atoms with Crippen LogP contribution in [0.25, 0.3) is 0 Å². The van der Waals surface area contributed by atoms with Crippen LogP contribution in [0.1, 0.15) is 17.2 Å². The standard InChI is InChI=1S/C12H16ClNO2/c1-8-5-9(11-7-14-3-4-16-11)12(15-2)10(13)6-8/h5-6,11,14H,3-4,7H2,1-2H3. The zero-order chi connectivity index (χ0) is 11.5. The number of ether oxygens (including phenoxy) is 2. The van der Waals surface area contributed by atoms with Crippen molar-refractivity contribution in [2.45, 2.75) is 13.0 Å². The van der Waals surface area contributed by atoms with E-state index in [0.717, 1.165) is 36.6 Å². The van der Waals surface area contributed by atoms with E-state index in [9.17, 15) is 0 Å². The van der Waals surface area contributed by atoms with E-state index >= 15 is 0 Å². The molecule has 2 rings (SSSR count). The van der Waals surface area contributed by atoms with Gasteiger partial charge in [0, 0.05) is 18.7 Å². The fourth-order valence-corrected chi connectivity index (χ4v) is 2.33. The first-order valence-corrected chi connectivity index (χ1v) is 5.76. The molecule has 0 aromatic heterocycles. The molecule has 4 heteroatoms. The third-order valence-corrected chi connectivity index (χ3v) is 2.98. The molecule has 0 radical (unpaired) electrons. The van der Waals surface area contributed by atoms with E-state index in [0.29, 0.717) is 5.02 Å². The summed E-state index contributed by atoms with van der Waals surface area (Å²) in [7, 11) is 1.64. The maximum atomic E-state index is 6.15. The van der Waals surface area contributed by atoms with Crippen molar-refractivity contribution >= 4 is 11.6 Å². The fraction of sp³-hybridized carbons (Fsp3) is 0.500. The van der Waals surface area contributed by atoms with E-state index in [1.807, 2.05) is 13.0 Å². The van der Waals surface area contributed by atoms with Gasteiger partial charge in [-0.1, -0.05) is 11.6 Å². The van der Waals surface area contributed by atoms with Crippen LogP contribution < -0.4 is 10.1 Å². The van der Waals surface area contributed by atoms with Gasteiger partial charge in [0.1, 0.15) is 5.75 Å². The predicted molar refractivity (Wildman–Crippen MR) is 64.3 cm³/mol. The lowest BCUT2D eigenvalue weighted by Gasteiger charge is -2.26. The molecule has 1 heterocycles. The van der Waals surface area contributed by atoms with Crippen LogP contribution in [-0.2, 0) is 4.74 Å². The summed E-state index contributed by atoms with van der Waals surface area (Å²) in [6, 6.07) is 3.97. The van der Waals surface area contributed by atoms with Crippen LogP contribution in [0.5, 0.6) is 5.75 Å².